The molecule has 2 fully saturated rings. The maximum atomic E-state index is 14.1. The normalized spacial score (nSPS) is 46.5. The Kier molecular flexibility index (Phi) is 2.11. The third-order valence-corrected chi connectivity index (χ3v) is 3.26. The maximum Gasteiger partial charge on any atom is 0.114 e. The molecule has 2 heterocycles. The number of hydrogen-bond acceptors (Lipinski definition) is 1. The van der Waals surface area contributed by atoms with Crippen LogP contribution in [-0.4, -0.2) is 17.8 Å². The van der Waals surface area contributed by atoms with Gasteiger partial charge in [0.1, 0.15) is 5.67 Å². The van der Waals surface area contributed by atoms with Crippen LogP contribution >= 0.6 is 0 Å². The fourth-order valence-corrected chi connectivity index (χ4v) is 2.84. The van der Waals surface area contributed by atoms with Crippen molar-refractivity contribution in [3.63, 3.8) is 0 Å². The molecule has 70 valence electrons. The van der Waals surface area contributed by atoms with Crippen molar-refractivity contribution >= 4 is 0 Å². The van der Waals surface area contributed by atoms with Gasteiger partial charge in [0.05, 0.1) is 0 Å². The third-order valence-electron chi connectivity index (χ3n) is 3.26. The summed E-state index contributed by atoms with van der Waals surface area (Å²) in [4.78, 5) is 0. The van der Waals surface area contributed by atoms with Crippen LogP contribution in [0.25, 0.3) is 0 Å². The molecule has 2 unspecified atom stereocenters. The molecule has 1 N–H and O–H groups in total. The van der Waals surface area contributed by atoms with Gasteiger partial charge in [-0.15, -0.1) is 0 Å². The van der Waals surface area contributed by atoms with Crippen LogP contribution in [0.2, 0.25) is 0 Å². The number of piperidine rings is 1. The predicted octanol–water partition coefficient (Wildman–Crippen LogP) is 2.41. The molecule has 0 saturated carbocycles. The molecule has 2 atom stereocenters. The Labute approximate surface area is 73.7 Å². The molecule has 2 rings (SSSR count). The van der Waals surface area contributed by atoms with Crippen LogP contribution in [0.1, 0.15) is 45.4 Å². The summed E-state index contributed by atoms with van der Waals surface area (Å²) in [7, 11) is 0. The van der Waals surface area contributed by atoms with Crippen LogP contribution in [0.4, 0.5) is 4.39 Å². The number of fused-ring (bicyclic) bond motifs is 2. The van der Waals surface area contributed by atoms with E-state index in [0.29, 0.717) is 12.1 Å². The lowest BCUT2D eigenvalue weighted by Crippen LogP contribution is -2.45. The quantitative estimate of drug-likeness (QED) is 0.672. The zero-order chi connectivity index (χ0) is 8.60. The molecule has 2 aliphatic rings. The summed E-state index contributed by atoms with van der Waals surface area (Å²) in [6.07, 6.45) is 5.66. The van der Waals surface area contributed by atoms with Crippen LogP contribution in [0, 0.1) is 0 Å². The minimum absolute atomic E-state index is 0.486. The fraction of sp³-hybridized carbons (Fsp3) is 1.00. The second kappa shape index (κ2) is 2.99. The van der Waals surface area contributed by atoms with Crippen LogP contribution < -0.4 is 5.32 Å². The minimum Gasteiger partial charge on any atom is -0.311 e. The van der Waals surface area contributed by atoms with Gasteiger partial charge in [0, 0.05) is 12.1 Å². The van der Waals surface area contributed by atoms with Crippen LogP contribution in [0.3, 0.4) is 0 Å². The number of nitrogens with one attached hydrogen (secondary N) is 1. The van der Waals surface area contributed by atoms with Gasteiger partial charge < -0.3 is 5.32 Å². The van der Waals surface area contributed by atoms with E-state index in [1.54, 1.807) is 0 Å². The van der Waals surface area contributed by atoms with Gasteiger partial charge in [-0.1, -0.05) is 13.3 Å². The number of halogens is 1. The standard InChI is InChI=1S/C10H18FN/c1-2-5-10(11)6-8-3-4-9(7-10)12-8/h8-9,12H,2-7H2,1H3. The number of hydrogen-bond donors (Lipinski definition) is 1. The van der Waals surface area contributed by atoms with Gasteiger partial charge in [-0.25, -0.2) is 4.39 Å². The lowest BCUT2D eigenvalue weighted by atomic mass is 9.86. The van der Waals surface area contributed by atoms with Gasteiger partial charge in [-0.05, 0) is 32.1 Å². The fourth-order valence-electron chi connectivity index (χ4n) is 2.84. The molecule has 0 aliphatic carbocycles. The Bertz CT molecular complexity index is 157. The zero-order valence-corrected chi connectivity index (χ0v) is 7.78. The number of alkyl halides is 1. The van der Waals surface area contributed by atoms with Gasteiger partial charge >= 0.3 is 0 Å². The van der Waals surface area contributed by atoms with E-state index in [-0.39, 0.29) is 0 Å². The monoisotopic (exact) mass is 171 g/mol. The van der Waals surface area contributed by atoms with Gasteiger partial charge in [0.15, 0.2) is 0 Å². The Morgan fingerprint density at radius 2 is 1.92 bits per heavy atom. The van der Waals surface area contributed by atoms with E-state index in [0.717, 1.165) is 25.7 Å². The Morgan fingerprint density at radius 3 is 2.42 bits per heavy atom. The second-order valence-corrected chi connectivity index (χ2v) is 4.45. The van der Waals surface area contributed by atoms with Gasteiger partial charge in [0.25, 0.3) is 0 Å². The first kappa shape index (κ1) is 8.49. The van der Waals surface area contributed by atoms with Gasteiger partial charge in [-0.3, -0.25) is 0 Å². The van der Waals surface area contributed by atoms with Crippen LogP contribution in [-0.2, 0) is 0 Å². The third kappa shape index (κ3) is 1.49. The summed E-state index contributed by atoms with van der Waals surface area (Å²) in [5.41, 5.74) is -0.828. The molecule has 0 aromatic rings. The maximum absolute atomic E-state index is 14.1. The van der Waals surface area contributed by atoms with E-state index < -0.39 is 5.67 Å². The highest BCUT2D eigenvalue weighted by molar-refractivity contribution is 4.99. The van der Waals surface area contributed by atoms with Crippen LogP contribution in [0.15, 0.2) is 0 Å². The van der Waals surface area contributed by atoms with E-state index in [9.17, 15) is 4.39 Å². The lowest BCUT2D eigenvalue weighted by molar-refractivity contribution is 0.0786. The Hall–Kier alpha value is -0.110. The summed E-state index contributed by atoms with van der Waals surface area (Å²) in [5, 5.41) is 3.46. The van der Waals surface area contributed by atoms with Crippen molar-refractivity contribution in [1.29, 1.82) is 0 Å². The minimum atomic E-state index is -0.828. The molecule has 0 spiro atoms. The van der Waals surface area contributed by atoms with Gasteiger partial charge in [-0.2, -0.15) is 0 Å². The van der Waals surface area contributed by atoms with Crippen molar-refractivity contribution in [2.24, 2.45) is 0 Å². The molecule has 0 aromatic carbocycles. The summed E-state index contributed by atoms with van der Waals surface area (Å²) in [5.74, 6) is 0. The molecule has 0 radical (unpaired) electrons. The summed E-state index contributed by atoms with van der Waals surface area (Å²) in [6, 6.07) is 0.973. The summed E-state index contributed by atoms with van der Waals surface area (Å²) < 4.78 is 14.1. The van der Waals surface area contributed by atoms with E-state index in [1.165, 1.54) is 12.8 Å². The first-order valence-electron chi connectivity index (χ1n) is 5.17. The predicted molar refractivity (Wildman–Crippen MR) is 47.9 cm³/mol. The molecule has 12 heavy (non-hydrogen) atoms. The van der Waals surface area contributed by atoms with Crippen molar-refractivity contribution < 1.29 is 4.39 Å². The zero-order valence-electron chi connectivity index (χ0n) is 7.78. The number of rotatable bonds is 2. The molecule has 0 amide bonds. The average Bonchev–Trinajstić information content (AvgIpc) is 2.31. The molecule has 2 heteroatoms. The first-order valence-corrected chi connectivity index (χ1v) is 5.17. The van der Waals surface area contributed by atoms with Crippen molar-refractivity contribution in [2.75, 3.05) is 0 Å². The van der Waals surface area contributed by atoms with Crippen molar-refractivity contribution in [2.45, 2.75) is 63.2 Å². The topological polar surface area (TPSA) is 12.0 Å². The summed E-state index contributed by atoms with van der Waals surface area (Å²) in [6.45, 7) is 2.07. The van der Waals surface area contributed by atoms with Gasteiger partial charge in [0.2, 0.25) is 0 Å². The summed E-state index contributed by atoms with van der Waals surface area (Å²) >= 11 is 0. The Balaban J connectivity index is 2.00. The SMILES string of the molecule is CCCC1(F)CC2CCC(C1)N2. The molecule has 2 aliphatic heterocycles. The van der Waals surface area contributed by atoms with E-state index in [4.69, 9.17) is 0 Å². The van der Waals surface area contributed by atoms with Crippen molar-refractivity contribution in [1.82, 2.24) is 5.32 Å². The molecule has 1 nitrogen and oxygen atoms in total. The van der Waals surface area contributed by atoms with E-state index >= 15 is 0 Å². The average molecular weight is 171 g/mol. The molecule has 2 bridgehead atoms. The van der Waals surface area contributed by atoms with Crippen LogP contribution in [0.5, 0.6) is 0 Å². The smallest absolute Gasteiger partial charge is 0.114 e. The highest BCUT2D eigenvalue weighted by Crippen LogP contribution is 2.39. The molecular weight excluding hydrogens is 153 g/mol. The lowest BCUT2D eigenvalue weighted by Gasteiger charge is -2.34. The van der Waals surface area contributed by atoms with Crippen molar-refractivity contribution in [3.05, 3.63) is 0 Å². The van der Waals surface area contributed by atoms with E-state index in [1.807, 2.05) is 0 Å². The second-order valence-electron chi connectivity index (χ2n) is 4.45. The highest BCUT2D eigenvalue weighted by Gasteiger charge is 2.43. The largest absolute Gasteiger partial charge is 0.311 e. The molecular formula is C10H18FN. The molecule has 0 aromatic heterocycles. The Morgan fingerprint density at radius 1 is 1.33 bits per heavy atom. The van der Waals surface area contributed by atoms with Crippen molar-refractivity contribution in [3.8, 4) is 0 Å². The first-order chi connectivity index (χ1) is 5.72. The highest BCUT2D eigenvalue weighted by atomic mass is 19.1. The van der Waals surface area contributed by atoms with E-state index in [2.05, 4.69) is 12.2 Å². The molecule has 2 saturated heterocycles.